The van der Waals surface area contributed by atoms with E-state index in [4.69, 9.17) is 5.26 Å². The van der Waals surface area contributed by atoms with Crippen LogP contribution in [0.2, 0.25) is 0 Å². The quantitative estimate of drug-likeness (QED) is 0.635. The van der Waals surface area contributed by atoms with E-state index in [1.165, 1.54) is 5.56 Å². The lowest BCUT2D eigenvalue weighted by atomic mass is 10.2. The lowest BCUT2D eigenvalue weighted by Crippen LogP contribution is -2.03. The molecule has 0 aliphatic carbocycles. The fourth-order valence-corrected chi connectivity index (χ4v) is 2.90. The van der Waals surface area contributed by atoms with Crippen molar-refractivity contribution in [3.05, 3.63) is 69.8 Å². The van der Waals surface area contributed by atoms with Gasteiger partial charge in [-0.1, -0.05) is 6.07 Å². The van der Waals surface area contributed by atoms with Crippen molar-refractivity contribution in [2.24, 2.45) is 0 Å². The molecule has 0 spiro atoms. The van der Waals surface area contributed by atoms with Crippen LogP contribution in [0.4, 0.5) is 23.1 Å². The van der Waals surface area contributed by atoms with Crippen molar-refractivity contribution in [1.82, 2.24) is 9.97 Å². The Bertz CT molecular complexity index is 945. The van der Waals surface area contributed by atoms with Gasteiger partial charge in [0, 0.05) is 21.9 Å². The molecule has 0 amide bonds. The maximum Gasteiger partial charge on any atom is 0.229 e. The van der Waals surface area contributed by atoms with Crippen molar-refractivity contribution < 1.29 is 0 Å². The van der Waals surface area contributed by atoms with Crippen LogP contribution in [0.25, 0.3) is 0 Å². The number of rotatable bonds is 4. The highest BCUT2D eigenvalue weighted by molar-refractivity contribution is 9.10. The van der Waals surface area contributed by atoms with Gasteiger partial charge in [-0.2, -0.15) is 10.2 Å². The highest BCUT2D eigenvalue weighted by atomic mass is 79.9. The van der Waals surface area contributed by atoms with Crippen LogP contribution in [-0.4, -0.2) is 9.97 Å². The largest absolute Gasteiger partial charge is 0.340 e. The predicted octanol–water partition coefficient (Wildman–Crippen LogP) is 5.21. The molecule has 25 heavy (non-hydrogen) atoms. The molecule has 0 saturated carbocycles. The van der Waals surface area contributed by atoms with E-state index in [2.05, 4.69) is 42.6 Å². The van der Waals surface area contributed by atoms with Gasteiger partial charge in [0.05, 0.1) is 17.3 Å². The standard InChI is InChI=1S/C19H16BrN5/c1-12-3-8-17(16(20)9-12)24-19-22-13(2)10-18(25-19)23-15-6-4-14(11-21)5-7-15/h3-10H,1-2H3,(H2,22,23,24,25). The minimum Gasteiger partial charge on any atom is -0.340 e. The van der Waals surface area contributed by atoms with Crippen LogP contribution in [-0.2, 0) is 0 Å². The number of nitrogens with one attached hydrogen (secondary N) is 2. The number of aromatic nitrogens is 2. The SMILES string of the molecule is Cc1ccc(Nc2nc(C)cc(Nc3ccc(C#N)cc3)n2)c(Br)c1. The molecule has 0 unspecified atom stereocenters. The topological polar surface area (TPSA) is 73.6 Å². The molecule has 6 heteroatoms. The maximum absolute atomic E-state index is 8.87. The van der Waals surface area contributed by atoms with E-state index >= 15 is 0 Å². The van der Waals surface area contributed by atoms with Gasteiger partial charge in [-0.25, -0.2) is 4.98 Å². The van der Waals surface area contributed by atoms with Gasteiger partial charge in [-0.05, 0) is 71.7 Å². The molecule has 0 radical (unpaired) electrons. The van der Waals surface area contributed by atoms with E-state index in [0.29, 0.717) is 17.3 Å². The minimum absolute atomic E-state index is 0.515. The number of nitriles is 1. The Labute approximate surface area is 154 Å². The van der Waals surface area contributed by atoms with Crippen LogP contribution in [0.3, 0.4) is 0 Å². The van der Waals surface area contributed by atoms with Crippen molar-refractivity contribution >= 4 is 39.1 Å². The van der Waals surface area contributed by atoms with Crippen LogP contribution in [0, 0.1) is 25.2 Å². The highest BCUT2D eigenvalue weighted by Crippen LogP contribution is 2.26. The Kier molecular flexibility index (Phi) is 4.96. The smallest absolute Gasteiger partial charge is 0.229 e. The zero-order valence-electron chi connectivity index (χ0n) is 13.8. The molecule has 124 valence electrons. The lowest BCUT2D eigenvalue weighted by Gasteiger charge is -2.11. The highest BCUT2D eigenvalue weighted by Gasteiger charge is 2.06. The average Bonchev–Trinajstić information content (AvgIpc) is 2.58. The number of anilines is 4. The first-order valence-electron chi connectivity index (χ1n) is 7.69. The van der Waals surface area contributed by atoms with Crippen molar-refractivity contribution in [3.63, 3.8) is 0 Å². The molecular formula is C19H16BrN5. The first kappa shape index (κ1) is 16.9. The summed E-state index contributed by atoms with van der Waals surface area (Å²) in [5, 5.41) is 15.3. The molecule has 0 aliphatic heterocycles. The fourth-order valence-electron chi connectivity index (χ4n) is 2.31. The summed E-state index contributed by atoms with van der Waals surface area (Å²) in [6.45, 7) is 3.96. The summed E-state index contributed by atoms with van der Waals surface area (Å²) < 4.78 is 0.958. The van der Waals surface area contributed by atoms with Gasteiger partial charge in [-0.3, -0.25) is 0 Å². The molecule has 3 rings (SSSR count). The molecule has 2 N–H and O–H groups in total. The van der Waals surface area contributed by atoms with E-state index in [0.717, 1.165) is 21.5 Å². The van der Waals surface area contributed by atoms with Gasteiger partial charge >= 0.3 is 0 Å². The second-order valence-corrected chi connectivity index (χ2v) is 6.49. The van der Waals surface area contributed by atoms with E-state index in [1.54, 1.807) is 12.1 Å². The van der Waals surface area contributed by atoms with Crippen LogP contribution < -0.4 is 10.6 Å². The van der Waals surface area contributed by atoms with E-state index < -0.39 is 0 Å². The Morgan fingerprint density at radius 2 is 1.72 bits per heavy atom. The Hall–Kier alpha value is -2.91. The zero-order chi connectivity index (χ0) is 17.8. The van der Waals surface area contributed by atoms with Gasteiger partial charge in [0.15, 0.2) is 0 Å². The normalized spacial score (nSPS) is 10.2. The second-order valence-electron chi connectivity index (χ2n) is 5.64. The van der Waals surface area contributed by atoms with Gasteiger partial charge in [0.25, 0.3) is 0 Å². The number of nitrogens with zero attached hydrogens (tertiary/aromatic N) is 3. The second kappa shape index (κ2) is 7.32. The lowest BCUT2D eigenvalue weighted by molar-refractivity contribution is 1.11. The molecule has 2 aromatic carbocycles. The van der Waals surface area contributed by atoms with Crippen molar-refractivity contribution in [1.29, 1.82) is 5.26 Å². The summed E-state index contributed by atoms with van der Waals surface area (Å²) >= 11 is 3.55. The van der Waals surface area contributed by atoms with E-state index in [-0.39, 0.29) is 0 Å². The third kappa shape index (κ3) is 4.34. The van der Waals surface area contributed by atoms with Crippen molar-refractivity contribution in [2.45, 2.75) is 13.8 Å². The number of hydrogen-bond acceptors (Lipinski definition) is 5. The zero-order valence-corrected chi connectivity index (χ0v) is 15.4. The fraction of sp³-hybridized carbons (Fsp3) is 0.105. The number of aryl methyl sites for hydroxylation is 2. The summed E-state index contributed by atoms with van der Waals surface area (Å²) in [6.07, 6.45) is 0. The average molecular weight is 394 g/mol. The molecule has 1 heterocycles. The first-order valence-corrected chi connectivity index (χ1v) is 8.49. The number of halogens is 1. The van der Waals surface area contributed by atoms with Crippen LogP contribution in [0.15, 0.2) is 53.0 Å². The third-order valence-electron chi connectivity index (χ3n) is 3.51. The third-order valence-corrected chi connectivity index (χ3v) is 4.17. The van der Waals surface area contributed by atoms with Crippen LogP contribution in [0.5, 0.6) is 0 Å². The monoisotopic (exact) mass is 393 g/mol. The molecular weight excluding hydrogens is 378 g/mol. The van der Waals surface area contributed by atoms with Crippen molar-refractivity contribution in [3.8, 4) is 6.07 Å². The molecule has 5 nitrogen and oxygen atoms in total. The molecule has 3 aromatic rings. The summed E-state index contributed by atoms with van der Waals surface area (Å²) in [6, 6.07) is 17.2. The predicted molar refractivity (Wildman–Crippen MR) is 103 cm³/mol. The van der Waals surface area contributed by atoms with E-state index in [9.17, 15) is 0 Å². The van der Waals surface area contributed by atoms with E-state index in [1.807, 2.05) is 50.2 Å². The summed E-state index contributed by atoms with van der Waals surface area (Å²) in [4.78, 5) is 8.95. The van der Waals surface area contributed by atoms with Gasteiger partial charge in [0.2, 0.25) is 5.95 Å². The number of hydrogen-bond donors (Lipinski definition) is 2. The van der Waals surface area contributed by atoms with Crippen LogP contribution >= 0.6 is 15.9 Å². The summed E-state index contributed by atoms with van der Waals surface area (Å²) in [7, 11) is 0. The molecule has 0 aliphatic rings. The Balaban J connectivity index is 1.83. The first-order chi connectivity index (χ1) is 12.0. The Morgan fingerprint density at radius 3 is 2.40 bits per heavy atom. The molecule has 0 saturated heterocycles. The molecule has 0 atom stereocenters. The molecule has 1 aromatic heterocycles. The molecule has 0 bridgehead atoms. The van der Waals surface area contributed by atoms with Gasteiger partial charge in [0.1, 0.15) is 5.82 Å². The van der Waals surface area contributed by atoms with Crippen LogP contribution in [0.1, 0.15) is 16.8 Å². The maximum atomic E-state index is 8.87. The van der Waals surface area contributed by atoms with Gasteiger partial charge < -0.3 is 10.6 Å². The summed E-state index contributed by atoms with van der Waals surface area (Å²) in [5.74, 6) is 1.20. The number of benzene rings is 2. The summed E-state index contributed by atoms with van der Waals surface area (Å²) in [5.41, 5.74) is 4.40. The van der Waals surface area contributed by atoms with Gasteiger partial charge in [-0.15, -0.1) is 0 Å². The molecule has 0 fully saturated rings. The minimum atomic E-state index is 0.515. The van der Waals surface area contributed by atoms with Crippen molar-refractivity contribution in [2.75, 3.05) is 10.6 Å². The Morgan fingerprint density at radius 1 is 0.960 bits per heavy atom.